The van der Waals surface area contributed by atoms with Crippen molar-refractivity contribution in [2.24, 2.45) is 0 Å². The topological polar surface area (TPSA) is 90.0 Å². The number of nitrogens with two attached hydrogens (primary N) is 1. The van der Waals surface area contributed by atoms with Crippen molar-refractivity contribution < 1.29 is 15.3 Å². The third kappa shape index (κ3) is 2.52. The number of β-amino-alcohol motifs (C(OH)–C–C–N with tert-alkyl or cyclic N) is 2. The Labute approximate surface area is 100 Å². The van der Waals surface area contributed by atoms with Crippen LogP contribution >= 0.6 is 0 Å². The van der Waals surface area contributed by atoms with E-state index in [0.717, 1.165) is 11.3 Å². The zero-order chi connectivity index (χ0) is 12.4. The molecule has 0 aromatic heterocycles. The van der Waals surface area contributed by atoms with Gasteiger partial charge in [0.15, 0.2) is 0 Å². The second-order valence-electron chi connectivity index (χ2n) is 4.40. The maximum Gasteiger partial charge on any atom is 0.0990 e. The Morgan fingerprint density at radius 2 is 1.88 bits per heavy atom. The maximum absolute atomic E-state index is 9.54. The van der Waals surface area contributed by atoms with Gasteiger partial charge in [0.1, 0.15) is 0 Å². The predicted molar refractivity (Wildman–Crippen MR) is 65.9 cm³/mol. The van der Waals surface area contributed by atoms with E-state index in [9.17, 15) is 10.2 Å². The molecule has 5 heteroatoms. The fourth-order valence-electron chi connectivity index (χ4n) is 2.20. The number of nitrogen functional groups attached to an aromatic ring is 1. The summed E-state index contributed by atoms with van der Waals surface area (Å²) in [6.07, 6.45) is -0.910. The molecule has 0 saturated carbocycles. The van der Waals surface area contributed by atoms with Crippen LogP contribution in [0.3, 0.4) is 0 Å². The van der Waals surface area contributed by atoms with Crippen LogP contribution in [0.4, 0.5) is 11.4 Å². The zero-order valence-electron chi connectivity index (χ0n) is 9.58. The second-order valence-corrected chi connectivity index (χ2v) is 4.40. The van der Waals surface area contributed by atoms with Crippen LogP contribution in [0.15, 0.2) is 18.2 Å². The summed E-state index contributed by atoms with van der Waals surface area (Å²) in [5, 5.41) is 28.1. The quantitative estimate of drug-likeness (QED) is 0.525. The largest absolute Gasteiger partial charge is 0.399 e. The Bertz CT molecular complexity index is 387. The molecule has 1 aromatic carbocycles. The highest BCUT2D eigenvalue weighted by Gasteiger charge is 2.30. The molecule has 0 spiro atoms. The molecule has 5 nitrogen and oxygen atoms in total. The van der Waals surface area contributed by atoms with Crippen molar-refractivity contribution in [2.45, 2.75) is 18.6 Å². The molecule has 1 saturated heterocycles. The molecular weight excluding hydrogens is 220 g/mol. The molecule has 1 aliphatic heterocycles. The van der Waals surface area contributed by atoms with Gasteiger partial charge in [0, 0.05) is 31.1 Å². The van der Waals surface area contributed by atoms with E-state index in [-0.39, 0.29) is 6.61 Å². The van der Waals surface area contributed by atoms with Gasteiger partial charge in [-0.3, -0.25) is 0 Å². The molecule has 1 fully saturated rings. The lowest BCUT2D eigenvalue weighted by Crippen LogP contribution is -2.22. The number of benzene rings is 1. The van der Waals surface area contributed by atoms with E-state index in [1.807, 2.05) is 17.0 Å². The van der Waals surface area contributed by atoms with Crippen molar-refractivity contribution >= 4 is 11.4 Å². The monoisotopic (exact) mass is 238 g/mol. The van der Waals surface area contributed by atoms with Crippen LogP contribution in [0.25, 0.3) is 0 Å². The average molecular weight is 238 g/mol. The third-order valence-corrected chi connectivity index (χ3v) is 3.08. The highest BCUT2D eigenvalue weighted by atomic mass is 16.3. The van der Waals surface area contributed by atoms with Crippen LogP contribution in [0, 0.1) is 0 Å². The van der Waals surface area contributed by atoms with Crippen molar-refractivity contribution in [3.8, 4) is 0 Å². The fourth-order valence-corrected chi connectivity index (χ4v) is 2.20. The van der Waals surface area contributed by atoms with E-state index in [1.54, 1.807) is 6.07 Å². The van der Waals surface area contributed by atoms with Gasteiger partial charge in [0.25, 0.3) is 0 Å². The summed E-state index contributed by atoms with van der Waals surface area (Å²) in [4.78, 5) is 1.92. The average Bonchev–Trinajstić information content (AvgIpc) is 2.60. The first-order valence-corrected chi connectivity index (χ1v) is 5.72. The van der Waals surface area contributed by atoms with Gasteiger partial charge in [0.2, 0.25) is 0 Å². The van der Waals surface area contributed by atoms with Gasteiger partial charge in [-0.15, -0.1) is 0 Å². The minimum Gasteiger partial charge on any atom is -0.399 e. The van der Waals surface area contributed by atoms with Crippen LogP contribution in [-0.2, 0) is 6.42 Å². The molecule has 0 radical (unpaired) electrons. The summed E-state index contributed by atoms with van der Waals surface area (Å²) in [5.41, 5.74) is 8.22. The minimum atomic E-state index is -0.713. The number of hydrogen-bond acceptors (Lipinski definition) is 5. The van der Waals surface area contributed by atoms with Gasteiger partial charge < -0.3 is 26.0 Å². The van der Waals surface area contributed by atoms with E-state index in [0.29, 0.717) is 25.2 Å². The Balaban J connectivity index is 2.25. The number of aliphatic hydroxyl groups is 3. The number of nitrogens with zero attached hydrogens (tertiary/aromatic N) is 1. The predicted octanol–water partition coefficient (Wildman–Crippen LogP) is -0.655. The summed E-state index contributed by atoms with van der Waals surface area (Å²) in [6.45, 7) is 0.864. The first-order valence-electron chi connectivity index (χ1n) is 5.72. The molecule has 0 bridgehead atoms. The first kappa shape index (κ1) is 12.2. The van der Waals surface area contributed by atoms with Crippen molar-refractivity contribution in [3.63, 3.8) is 0 Å². The highest BCUT2D eigenvalue weighted by Crippen LogP contribution is 2.27. The second kappa shape index (κ2) is 4.91. The maximum atomic E-state index is 9.54. The van der Waals surface area contributed by atoms with Crippen molar-refractivity contribution in [1.29, 1.82) is 0 Å². The lowest BCUT2D eigenvalue weighted by atomic mass is 10.1. The summed E-state index contributed by atoms with van der Waals surface area (Å²) in [5.74, 6) is 0. The normalized spacial score (nSPS) is 24.3. The van der Waals surface area contributed by atoms with E-state index in [1.165, 1.54) is 0 Å². The van der Waals surface area contributed by atoms with Crippen molar-refractivity contribution in [2.75, 3.05) is 30.3 Å². The summed E-state index contributed by atoms with van der Waals surface area (Å²) in [7, 11) is 0. The molecule has 5 N–H and O–H groups in total. The van der Waals surface area contributed by atoms with E-state index >= 15 is 0 Å². The Morgan fingerprint density at radius 1 is 1.24 bits per heavy atom. The molecule has 94 valence electrons. The Hall–Kier alpha value is -1.30. The highest BCUT2D eigenvalue weighted by molar-refractivity contribution is 5.60. The van der Waals surface area contributed by atoms with Gasteiger partial charge in [-0.2, -0.15) is 0 Å². The number of aliphatic hydroxyl groups excluding tert-OH is 3. The molecule has 1 heterocycles. The molecule has 0 aliphatic carbocycles. The number of rotatable bonds is 3. The van der Waals surface area contributed by atoms with E-state index < -0.39 is 12.2 Å². The molecule has 1 aliphatic rings. The van der Waals surface area contributed by atoms with E-state index in [4.69, 9.17) is 10.8 Å². The van der Waals surface area contributed by atoms with E-state index in [2.05, 4.69) is 0 Å². The first-order chi connectivity index (χ1) is 8.11. The van der Waals surface area contributed by atoms with Crippen LogP contribution in [0.2, 0.25) is 0 Å². The van der Waals surface area contributed by atoms with Crippen LogP contribution in [-0.4, -0.2) is 47.2 Å². The SMILES string of the molecule is Nc1ccc(N2CC(O)C(O)C2)c(CCO)c1. The van der Waals surface area contributed by atoms with Crippen LogP contribution in [0.1, 0.15) is 5.56 Å². The molecule has 17 heavy (non-hydrogen) atoms. The summed E-state index contributed by atoms with van der Waals surface area (Å²) >= 11 is 0. The lowest BCUT2D eigenvalue weighted by Gasteiger charge is -2.21. The zero-order valence-corrected chi connectivity index (χ0v) is 9.58. The molecular formula is C12H18N2O3. The van der Waals surface area contributed by atoms with Crippen molar-refractivity contribution in [1.82, 2.24) is 0 Å². The van der Waals surface area contributed by atoms with Crippen molar-refractivity contribution in [3.05, 3.63) is 23.8 Å². The van der Waals surface area contributed by atoms with Gasteiger partial charge in [0.05, 0.1) is 12.2 Å². The Morgan fingerprint density at radius 3 is 2.47 bits per heavy atom. The van der Waals surface area contributed by atoms with Gasteiger partial charge in [-0.1, -0.05) is 0 Å². The Kier molecular flexibility index (Phi) is 3.51. The summed E-state index contributed by atoms with van der Waals surface area (Å²) in [6, 6.07) is 5.47. The fraction of sp³-hybridized carbons (Fsp3) is 0.500. The molecule has 0 amide bonds. The van der Waals surface area contributed by atoms with Gasteiger partial charge in [-0.05, 0) is 30.2 Å². The summed E-state index contributed by atoms with van der Waals surface area (Å²) < 4.78 is 0. The molecule has 2 atom stereocenters. The minimum absolute atomic E-state index is 0.0510. The van der Waals surface area contributed by atoms with Gasteiger partial charge in [-0.25, -0.2) is 0 Å². The molecule has 2 rings (SSSR count). The number of hydrogen-bond donors (Lipinski definition) is 4. The lowest BCUT2D eigenvalue weighted by molar-refractivity contribution is 0.0572. The van der Waals surface area contributed by atoms with Crippen LogP contribution in [0.5, 0.6) is 0 Å². The van der Waals surface area contributed by atoms with Crippen LogP contribution < -0.4 is 10.6 Å². The molecule has 2 unspecified atom stereocenters. The number of anilines is 2. The third-order valence-electron chi connectivity index (χ3n) is 3.08. The smallest absolute Gasteiger partial charge is 0.0990 e. The van der Waals surface area contributed by atoms with Gasteiger partial charge >= 0.3 is 0 Å². The molecule has 1 aromatic rings. The standard InChI is InChI=1S/C12H18N2O3/c13-9-1-2-10(8(5-9)3-4-15)14-6-11(16)12(17)7-14/h1-2,5,11-12,15-17H,3-4,6-7,13H2.